The molecule has 1 spiro atoms. The number of anilines is 1. The summed E-state index contributed by atoms with van der Waals surface area (Å²) in [6.07, 6.45) is 1.37. The minimum Gasteiger partial charge on any atom is -0.348 e. The van der Waals surface area contributed by atoms with E-state index in [1.165, 1.54) is 23.5 Å². The predicted octanol–water partition coefficient (Wildman–Crippen LogP) is 1.91. The molecule has 2 aliphatic heterocycles. The monoisotopic (exact) mass is 349 g/mol. The van der Waals surface area contributed by atoms with Crippen LogP contribution in [0.5, 0.6) is 0 Å². The first-order valence-corrected chi connectivity index (χ1v) is 8.51. The number of nitro groups is 1. The summed E-state index contributed by atoms with van der Waals surface area (Å²) in [5.41, 5.74) is -0.495. The minimum atomic E-state index is -0.510. The highest BCUT2D eigenvalue weighted by molar-refractivity contribution is 7.22. The highest BCUT2D eigenvalue weighted by atomic mass is 32.1. The van der Waals surface area contributed by atoms with Gasteiger partial charge < -0.3 is 14.4 Å². The van der Waals surface area contributed by atoms with Crippen LogP contribution in [0.3, 0.4) is 0 Å². The Balaban J connectivity index is 1.69. The van der Waals surface area contributed by atoms with Crippen molar-refractivity contribution in [3.8, 4) is 0 Å². The van der Waals surface area contributed by atoms with Crippen LogP contribution in [-0.2, 0) is 9.47 Å². The van der Waals surface area contributed by atoms with Crippen molar-refractivity contribution in [2.45, 2.75) is 18.6 Å². The molecule has 1 aromatic carbocycles. The fraction of sp³-hybridized carbons (Fsp3) is 0.467. The van der Waals surface area contributed by atoms with Crippen LogP contribution in [-0.4, -0.2) is 42.0 Å². The summed E-state index contributed by atoms with van der Waals surface area (Å²) in [5.74, 6) is -0.510. The number of non-ortho nitro benzene ring substituents is 1. The molecule has 4 rings (SSSR count). The number of rotatable bonds is 2. The predicted molar refractivity (Wildman–Crippen MR) is 88.6 cm³/mol. The zero-order chi connectivity index (χ0) is 16.7. The summed E-state index contributed by atoms with van der Waals surface area (Å²) in [7, 11) is 0. The largest absolute Gasteiger partial charge is 0.348 e. The van der Waals surface area contributed by atoms with Crippen molar-refractivity contribution in [2.75, 3.05) is 31.2 Å². The zero-order valence-corrected chi connectivity index (χ0v) is 13.6. The van der Waals surface area contributed by atoms with Crippen molar-refractivity contribution in [1.82, 2.24) is 4.98 Å². The van der Waals surface area contributed by atoms with Gasteiger partial charge in [0.05, 0.1) is 23.5 Å². The lowest BCUT2D eigenvalue weighted by Gasteiger charge is -2.37. The van der Waals surface area contributed by atoms with Crippen molar-refractivity contribution in [1.29, 1.82) is 0 Å². The van der Waals surface area contributed by atoms with Crippen LogP contribution in [0.15, 0.2) is 23.0 Å². The maximum absolute atomic E-state index is 12.3. The van der Waals surface area contributed by atoms with Gasteiger partial charge >= 0.3 is 0 Å². The van der Waals surface area contributed by atoms with Crippen LogP contribution in [0.1, 0.15) is 12.8 Å². The van der Waals surface area contributed by atoms with Crippen molar-refractivity contribution in [3.63, 3.8) is 0 Å². The van der Waals surface area contributed by atoms with E-state index in [1.54, 1.807) is 6.07 Å². The first-order chi connectivity index (χ1) is 11.6. The standard InChI is InChI=1S/C15H15N3O5S/c19-13-10-2-1-3-11(18(20)21)12(10)24-14(16-13)17-6-4-15(5-7-17)22-8-9-23-15/h1-3H,4-9H2. The Labute approximate surface area is 140 Å². The fourth-order valence-corrected chi connectivity index (χ4v) is 4.30. The summed E-state index contributed by atoms with van der Waals surface area (Å²) in [4.78, 5) is 29.1. The molecule has 0 bridgehead atoms. The summed E-state index contributed by atoms with van der Waals surface area (Å²) in [5, 5.41) is 12.0. The molecule has 0 aliphatic carbocycles. The van der Waals surface area contributed by atoms with Crippen molar-refractivity contribution in [3.05, 3.63) is 38.7 Å². The normalized spacial score (nSPS) is 19.9. The Morgan fingerprint density at radius 1 is 1.25 bits per heavy atom. The molecule has 1 aromatic heterocycles. The number of hydrogen-bond acceptors (Lipinski definition) is 8. The van der Waals surface area contributed by atoms with E-state index in [-0.39, 0.29) is 11.1 Å². The third-order valence-corrected chi connectivity index (χ3v) is 5.59. The van der Waals surface area contributed by atoms with Gasteiger partial charge in [-0.15, -0.1) is 0 Å². The molecule has 0 atom stereocenters. The van der Waals surface area contributed by atoms with Crippen LogP contribution >= 0.6 is 11.3 Å². The van der Waals surface area contributed by atoms with Gasteiger partial charge in [0.15, 0.2) is 10.9 Å². The fourth-order valence-electron chi connectivity index (χ4n) is 3.17. The number of nitrogens with zero attached hydrogens (tertiary/aromatic N) is 3. The van der Waals surface area contributed by atoms with E-state index in [1.807, 2.05) is 4.90 Å². The van der Waals surface area contributed by atoms with Gasteiger partial charge in [0, 0.05) is 32.0 Å². The highest BCUT2D eigenvalue weighted by Crippen LogP contribution is 2.36. The van der Waals surface area contributed by atoms with Crippen molar-refractivity contribution >= 4 is 32.2 Å². The molecule has 24 heavy (non-hydrogen) atoms. The molecule has 0 unspecified atom stereocenters. The zero-order valence-electron chi connectivity index (χ0n) is 12.8. The third-order valence-electron chi connectivity index (χ3n) is 4.42. The van der Waals surface area contributed by atoms with Gasteiger partial charge in [-0.2, -0.15) is 4.98 Å². The molecule has 126 valence electrons. The second kappa shape index (κ2) is 5.76. The molecule has 8 nitrogen and oxygen atoms in total. The molecule has 0 radical (unpaired) electrons. The molecule has 3 heterocycles. The second-order valence-corrected chi connectivity index (χ2v) is 6.78. The Morgan fingerprint density at radius 3 is 2.62 bits per heavy atom. The first-order valence-electron chi connectivity index (χ1n) is 7.69. The first kappa shape index (κ1) is 15.4. The maximum atomic E-state index is 12.3. The topological polar surface area (TPSA) is 94.8 Å². The molecule has 0 amide bonds. The smallest absolute Gasteiger partial charge is 0.287 e. The summed E-state index contributed by atoms with van der Waals surface area (Å²) < 4.78 is 11.8. The average Bonchev–Trinajstić information content (AvgIpc) is 3.03. The number of hydrogen-bond donors (Lipinski definition) is 0. The lowest BCUT2D eigenvalue weighted by atomic mass is 10.0. The Bertz CT molecular complexity index is 852. The van der Waals surface area contributed by atoms with E-state index >= 15 is 0 Å². The van der Waals surface area contributed by atoms with Gasteiger partial charge in [-0.05, 0) is 6.07 Å². The van der Waals surface area contributed by atoms with Crippen molar-refractivity contribution < 1.29 is 14.4 Å². The van der Waals surface area contributed by atoms with Gasteiger partial charge in [-0.25, -0.2) is 0 Å². The third kappa shape index (κ3) is 2.54. The van der Waals surface area contributed by atoms with E-state index in [0.29, 0.717) is 49.0 Å². The Morgan fingerprint density at radius 2 is 1.96 bits per heavy atom. The molecule has 2 fully saturated rings. The lowest BCUT2D eigenvalue weighted by molar-refractivity contribution is -0.382. The van der Waals surface area contributed by atoms with Gasteiger partial charge in [0.25, 0.3) is 11.2 Å². The molecule has 2 aromatic rings. The van der Waals surface area contributed by atoms with Crippen LogP contribution in [0, 0.1) is 10.1 Å². The molecule has 0 saturated carbocycles. The number of ether oxygens (including phenoxy) is 2. The quantitative estimate of drug-likeness (QED) is 0.604. The molecule has 2 aliphatic rings. The van der Waals surface area contributed by atoms with Crippen LogP contribution in [0.25, 0.3) is 10.1 Å². The van der Waals surface area contributed by atoms with Gasteiger partial charge in [-0.3, -0.25) is 14.9 Å². The SMILES string of the molecule is O=c1nc(N2CCC3(CC2)OCCO3)sc2c([N+](=O)[O-])cccc12. The molecule has 0 N–H and O–H groups in total. The van der Waals surface area contributed by atoms with Crippen molar-refractivity contribution in [2.24, 2.45) is 0 Å². The van der Waals surface area contributed by atoms with Crippen LogP contribution in [0.2, 0.25) is 0 Å². The highest BCUT2D eigenvalue weighted by Gasteiger charge is 2.40. The number of benzene rings is 1. The van der Waals surface area contributed by atoms with E-state index in [0.717, 1.165) is 0 Å². The molecule has 9 heteroatoms. The van der Waals surface area contributed by atoms with E-state index in [2.05, 4.69) is 4.98 Å². The van der Waals surface area contributed by atoms with E-state index < -0.39 is 16.3 Å². The number of nitro benzene ring substituents is 1. The Hall–Kier alpha value is -2.10. The van der Waals surface area contributed by atoms with Crippen LogP contribution in [0.4, 0.5) is 10.8 Å². The number of piperidine rings is 1. The van der Waals surface area contributed by atoms with Gasteiger partial charge in [-0.1, -0.05) is 17.4 Å². The lowest BCUT2D eigenvalue weighted by Crippen LogP contribution is -2.45. The molecular formula is C15H15N3O5S. The van der Waals surface area contributed by atoms with E-state index in [9.17, 15) is 14.9 Å². The number of aromatic nitrogens is 1. The minimum absolute atomic E-state index is 0.0609. The molecular weight excluding hydrogens is 334 g/mol. The van der Waals surface area contributed by atoms with Gasteiger partial charge in [0.2, 0.25) is 0 Å². The maximum Gasteiger partial charge on any atom is 0.287 e. The van der Waals surface area contributed by atoms with Crippen LogP contribution < -0.4 is 10.5 Å². The number of fused-ring (bicyclic) bond motifs is 1. The van der Waals surface area contributed by atoms with Gasteiger partial charge in [0.1, 0.15) is 4.70 Å². The Kier molecular flexibility index (Phi) is 3.70. The summed E-state index contributed by atoms with van der Waals surface area (Å²) in [6.45, 7) is 2.48. The van der Waals surface area contributed by atoms with E-state index in [4.69, 9.17) is 9.47 Å². The average molecular weight is 349 g/mol. The summed E-state index contributed by atoms with van der Waals surface area (Å²) >= 11 is 1.18. The summed E-state index contributed by atoms with van der Waals surface area (Å²) in [6, 6.07) is 4.49. The second-order valence-electron chi connectivity index (χ2n) is 5.81. The molecule has 2 saturated heterocycles.